The molecule has 84 valence electrons. The van der Waals surface area contributed by atoms with E-state index in [0.717, 1.165) is 30.8 Å². The minimum Gasteiger partial charge on any atom is -0.384 e. The minimum absolute atomic E-state index is 0.643. The van der Waals surface area contributed by atoms with Crippen molar-refractivity contribution in [3.63, 3.8) is 0 Å². The Kier molecular flexibility index (Phi) is 3.19. The highest BCUT2D eigenvalue weighted by atomic mass is 15.3. The fourth-order valence-electron chi connectivity index (χ4n) is 1.59. The third-order valence-electron chi connectivity index (χ3n) is 2.44. The van der Waals surface area contributed by atoms with Crippen molar-refractivity contribution in [2.24, 2.45) is 0 Å². The molecule has 2 rings (SSSR count). The molecule has 0 aliphatic carbocycles. The molecule has 0 aromatic carbocycles. The number of nitrogens with two attached hydrogens (primary N) is 1. The zero-order chi connectivity index (χ0) is 11.4. The summed E-state index contributed by atoms with van der Waals surface area (Å²) in [6.07, 6.45) is 5.01. The maximum Gasteiger partial charge on any atom is 0.155 e. The molecule has 0 spiro atoms. The topological polar surface area (TPSA) is 56.7 Å². The summed E-state index contributed by atoms with van der Waals surface area (Å²) in [6, 6.07) is 7.62. The average Bonchev–Trinajstić information content (AvgIpc) is 2.69. The van der Waals surface area contributed by atoms with Gasteiger partial charge in [-0.05, 0) is 25.0 Å². The Hall–Kier alpha value is -1.84. The number of anilines is 1. The van der Waals surface area contributed by atoms with Crippen LogP contribution in [-0.2, 0) is 6.42 Å². The summed E-state index contributed by atoms with van der Waals surface area (Å²) in [5, 5.41) is 4.45. The molecular weight excluding hydrogens is 200 g/mol. The Bertz CT molecular complexity index is 447. The Morgan fingerprint density at radius 2 is 2.25 bits per heavy atom. The number of nitrogen functional groups attached to an aromatic ring is 1. The van der Waals surface area contributed by atoms with Crippen LogP contribution in [0.5, 0.6) is 0 Å². The largest absolute Gasteiger partial charge is 0.384 e. The number of aromatic nitrogens is 3. The van der Waals surface area contributed by atoms with E-state index in [1.807, 2.05) is 24.3 Å². The van der Waals surface area contributed by atoms with Crippen LogP contribution in [0.4, 0.5) is 5.82 Å². The third kappa shape index (κ3) is 2.21. The average molecular weight is 216 g/mol. The second-order valence-electron chi connectivity index (χ2n) is 3.76. The predicted molar refractivity (Wildman–Crippen MR) is 64.4 cm³/mol. The first-order valence-corrected chi connectivity index (χ1v) is 5.57. The standard InChI is InChI=1S/C12H16N4/c1-2-3-6-10-9-11(13)16(15-10)12-7-4-5-8-14-12/h4-5,7-9H,2-3,6,13H2,1H3. The van der Waals surface area contributed by atoms with E-state index in [4.69, 9.17) is 5.73 Å². The van der Waals surface area contributed by atoms with Gasteiger partial charge in [-0.1, -0.05) is 19.4 Å². The smallest absolute Gasteiger partial charge is 0.155 e. The van der Waals surface area contributed by atoms with E-state index < -0.39 is 0 Å². The first kappa shape index (κ1) is 10.7. The van der Waals surface area contributed by atoms with E-state index in [-0.39, 0.29) is 0 Å². The lowest BCUT2D eigenvalue weighted by Gasteiger charge is -2.01. The van der Waals surface area contributed by atoms with E-state index in [9.17, 15) is 0 Å². The van der Waals surface area contributed by atoms with Crippen LogP contribution in [0.2, 0.25) is 0 Å². The zero-order valence-corrected chi connectivity index (χ0v) is 9.43. The summed E-state index contributed by atoms with van der Waals surface area (Å²) in [7, 11) is 0. The van der Waals surface area contributed by atoms with Crippen LogP contribution in [0.1, 0.15) is 25.5 Å². The molecule has 0 saturated carbocycles. The van der Waals surface area contributed by atoms with Gasteiger partial charge in [0.05, 0.1) is 5.69 Å². The van der Waals surface area contributed by atoms with Crippen LogP contribution >= 0.6 is 0 Å². The second-order valence-corrected chi connectivity index (χ2v) is 3.76. The second kappa shape index (κ2) is 4.79. The molecule has 2 aromatic rings. The lowest BCUT2D eigenvalue weighted by Crippen LogP contribution is -2.03. The molecule has 0 saturated heterocycles. The monoisotopic (exact) mass is 216 g/mol. The van der Waals surface area contributed by atoms with Gasteiger partial charge in [0, 0.05) is 12.3 Å². The Morgan fingerprint density at radius 3 is 2.94 bits per heavy atom. The molecule has 4 heteroatoms. The van der Waals surface area contributed by atoms with E-state index in [1.54, 1.807) is 10.9 Å². The summed E-state index contributed by atoms with van der Waals surface area (Å²) in [6.45, 7) is 2.17. The molecule has 2 aromatic heterocycles. The Balaban J connectivity index is 2.25. The highest BCUT2D eigenvalue weighted by Gasteiger charge is 2.06. The van der Waals surface area contributed by atoms with Gasteiger partial charge in [-0.15, -0.1) is 0 Å². The number of pyridine rings is 1. The van der Waals surface area contributed by atoms with Gasteiger partial charge < -0.3 is 5.73 Å². The van der Waals surface area contributed by atoms with Crippen molar-refractivity contribution in [2.75, 3.05) is 5.73 Å². The van der Waals surface area contributed by atoms with E-state index >= 15 is 0 Å². The van der Waals surface area contributed by atoms with Gasteiger partial charge >= 0.3 is 0 Å². The van der Waals surface area contributed by atoms with Crippen molar-refractivity contribution in [3.05, 3.63) is 36.2 Å². The molecule has 0 unspecified atom stereocenters. The zero-order valence-electron chi connectivity index (χ0n) is 9.43. The summed E-state index contributed by atoms with van der Waals surface area (Å²) in [4.78, 5) is 4.22. The first-order chi connectivity index (χ1) is 7.81. The number of hydrogen-bond donors (Lipinski definition) is 1. The van der Waals surface area contributed by atoms with Gasteiger partial charge in [0.25, 0.3) is 0 Å². The third-order valence-corrected chi connectivity index (χ3v) is 2.44. The number of rotatable bonds is 4. The maximum absolute atomic E-state index is 5.91. The molecule has 0 fully saturated rings. The fraction of sp³-hybridized carbons (Fsp3) is 0.333. The van der Waals surface area contributed by atoms with Crippen molar-refractivity contribution < 1.29 is 0 Å². The Morgan fingerprint density at radius 1 is 1.38 bits per heavy atom. The number of unbranched alkanes of at least 4 members (excludes halogenated alkanes) is 1. The lowest BCUT2D eigenvalue weighted by atomic mass is 10.2. The summed E-state index contributed by atoms with van der Waals surface area (Å²) >= 11 is 0. The molecule has 0 amide bonds. The quantitative estimate of drug-likeness (QED) is 0.852. The summed E-state index contributed by atoms with van der Waals surface area (Å²) in [5.41, 5.74) is 6.94. The van der Waals surface area contributed by atoms with Gasteiger partial charge in [-0.25, -0.2) is 4.98 Å². The number of hydrogen-bond acceptors (Lipinski definition) is 3. The van der Waals surface area contributed by atoms with Crippen LogP contribution in [0.25, 0.3) is 5.82 Å². The number of nitrogens with zero attached hydrogens (tertiary/aromatic N) is 3. The highest BCUT2D eigenvalue weighted by Crippen LogP contribution is 2.13. The van der Waals surface area contributed by atoms with E-state index in [2.05, 4.69) is 17.0 Å². The molecule has 0 atom stereocenters. The van der Waals surface area contributed by atoms with Crippen LogP contribution in [0, 0.1) is 0 Å². The van der Waals surface area contributed by atoms with Crippen molar-refractivity contribution in [3.8, 4) is 5.82 Å². The van der Waals surface area contributed by atoms with E-state index in [1.165, 1.54) is 0 Å². The van der Waals surface area contributed by atoms with Crippen molar-refractivity contribution in [1.82, 2.24) is 14.8 Å². The lowest BCUT2D eigenvalue weighted by molar-refractivity contribution is 0.748. The van der Waals surface area contributed by atoms with E-state index in [0.29, 0.717) is 5.82 Å². The SMILES string of the molecule is CCCCc1cc(N)n(-c2ccccn2)n1. The van der Waals surface area contributed by atoms with Crippen molar-refractivity contribution in [1.29, 1.82) is 0 Å². The van der Waals surface area contributed by atoms with Gasteiger partial charge in [0.1, 0.15) is 5.82 Å². The maximum atomic E-state index is 5.91. The Labute approximate surface area is 95.1 Å². The molecule has 16 heavy (non-hydrogen) atoms. The number of aryl methyl sites for hydroxylation is 1. The molecule has 0 aliphatic heterocycles. The van der Waals surface area contributed by atoms with Crippen LogP contribution in [0.15, 0.2) is 30.5 Å². The first-order valence-electron chi connectivity index (χ1n) is 5.57. The van der Waals surface area contributed by atoms with Gasteiger partial charge in [0.2, 0.25) is 0 Å². The molecular formula is C12H16N4. The van der Waals surface area contributed by atoms with Gasteiger partial charge in [0.15, 0.2) is 5.82 Å². The van der Waals surface area contributed by atoms with Crippen LogP contribution < -0.4 is 5.73 Å². The highest BCUT2D eigenvalue weighted by molar-refractivity contribution is 5.39. The fourth-order valence-corrected chi connectivity index (χ4v) is 1.59. The van der Waals surface area contributed by atoms with Gasteiger partial charge in [-0.2, -0.15) is 9.78 Å². The molecule has 0 bridgehead atoms. The molecule has 2 heterocycles. The van der Waals surface area contributed by atoms with Crippen molar-refractivity contribution in [2.45, 2.75) is 26.2 Å². The van der Waals surface area contributed by atoms with Gasteiger partial charge in [-0.3, -0.25) is 0 Å². The molecule has 2 N–H and O–H groups in total. The summed E-state index contributed by atoms with van der Waals surface area (Å²) < 4.78 is 1.69. The minimum atomic E-state index is 0.643. The van der Waals surface area contributed by atoms with Crippen LogP contribution in [-0.4, -0.2) is 14.8 Å². The molecule has 4 nitrogen and oxygen atoms in total. The predicted octanol–water partition coefficient (Wildman–Crippen LogP) is 2.19. The molecule has 0 radical (unpaired) electrons. The molecule has 0 aliphatic rings. The summed E-state index contributed by atoms with van der Waals surface area (Å²) in [5.74, 6) is 1.41. The van der Waals surface area contributed by atoms with Crippen molar-refractivity contribution >= 4 is 5.82 Å². The normalized spacial score (nSPS) is 10.6. The van der Waals surface area contributed by atoms with Crippen LogP contribution in [0.3, 0.4) is 0 Å².